The van der Waals surface area contributed by atoms with E-state index in [4.69, 9.17) is 9.47 Å². The molecule has 24 heavy (non-hydrogen) atoms. The number of methoxy groups -OCH3 is 2. The molecule has 1 aromatic carbocycles. The summed E-state index contributed by atoms with van der Waals surface area (Å²) in [4.78, 5) is 12.4. The zero-order valence-corrected chi connectivity index (χ0v) is 14.5. The minimum absolute atomic E-state index is 0.127. The van der Waals surface area contributed by atoms with Crippen LogP contribution in [0.2, 0.25) is 0 Å². The van der Waals surface area contributed by atoms with E-state index < -0.39 is 0 Å². The fourth-order valence-corrected chi connectivity index (χ4v) is 2.44. The summed E-state index contributed by atoms with van der Waals surface area (Å²) in [7, 11) is 3.24. The van der Waals surface area contributed by atoms with Gasteiger partial charge in [0.25, 0.3) is 5.91 Å². The Balaban J connectivity index is 2.02. The summed E-state index contributed by atoms with van der Waals surface area (Å²) in [6, 6.07) is 7.43. The summed E-state index contributed by atoms with van der Waals surface area (Å²) in [5.74, 6) is 1.36. The van der Waals surface area contributed by atoms with Gasteiger partial charge in [0.15, 0.2) is 0 Å². The third-order valence-corrected chi connectivity index (χ3v) is 3.75. The van der Waals surface area contributed by atoms with E-state index in [1.54, 1.807) is 20.3 Å². The van der Waals surface area contributed by atoms with Crippen LogP contribution < -0.4 is 14.8 Å². The summed E-state index contributed by atoms with van der Waals surface area (Å²) in [5.41, 5.74) is 3.04. The quantitative estimate of drug-likeness (QED) is 0.844. The first-order valence-electron chi connectivity index (χ1n) is 7.91. The van der Waals surface area contributed by atoms with Gasteiger partial charge in [-0.3, -0.25) is 4.79 Å². The van der Waals surface area contributed by atoms with Crippen LogP contribution in [-0.4, -0.2) is 36.9 Å². The molecule has 0 saturated heterocycles. The molecular formula is C18H23N3O3. The lowest BCUT2D eigenvalue weighted by Gasteiger charge is -2.12. The van der Waals surface area contributed by atoms with Gasteiger partial charge in [0.2, 0.25) is 0 Å². The van der Waals surface area contributed by atoms with Gasteiger partial charge in [-0.15, -0.1) is 0 Å². The molecule has 1 N–H and O–H groups in total. The highest BCUT2D eigenvalue weighted by Gasteiger charge is 2.13. The van der Waals surface area contributed by atoms with E-state index in [0.717, 1.165) is 22.8 Å². The van der Waals surface area contributed by atoms with Gasteiger partial charge in [0.1, 0.15) is 11.5 Å². The van der Waals surface area contributed by atoms with Crippen LogP contribution in [0.4, 0.5) is 0 Å². The Morgan fingerprint density at radius 1 is 1.17 bits per heavy atom. The predicted molar refractivity (Wildman–Crippen MR) is 91.7 cm³/mol. The van der Waals surface area contributed by atoms with Crippen molar-refractivity contribution in [1.29, 1.82) is 0 Å². The van der Waals surface area contributed by atoms with Crippen LogP contribution in [0, 0.1) is 6.92 Å². The molecule has 1 amide bonds. The van der Waals surface area contributed by atoms with Crippen LogP contribution >= 0.6 is 0 Å². The molecule has 1 heterocycles. The Kier molecular flexibility index (Phi) is 6.12. The molecule has 0 spiro atoms. The monoisotopic (exact) mass is 329 g/mol. The molecule has 0 radical (unpaired) electrons. The second kappa shape index (κ2) is 8.29. The van der Waals surface area contributed by atoms with E-state index in [0.29, 0.717) is 30.6 Å². The van der Waals surface area contributed by atoms with Crippen molar-refractivity contribution in [3.8, 4) is 11.5 Å². The first-order chi connectivity index (χ1) is 11.6. The van der Waals surface area contributed by atoms with Crippen molar-refractivity contribution in [3.63, 3.8) is 0 Å². The van der Waals surface area contributed by atoms with E-state index in [1.165, 1.54) is 0 Å². The van der Waals surface area contributed by atoms with E-state index in [1.807, 2.05) is 32.0 Å². The van der Waals surface area contributed by atoms with Gasteiger partial charge in [0.05, 0.1) is 31.2 Å². The number of amides is 1. The lowest BCUT2D eigenvalue weighted by molar-refractivity contribution is 0.0952. The number of rotatable bonds is 7. The Morgan fingerprint density at radius 3 is 2.62 bits per heavy atom. The van der Waals surface area contributed by atoms with Crippen molar-refractivity contribution in [1.82, 2.24) is 15.5 Å². The van der Waals surface area contributed by atoms with Gasteiger partial charge in [-0.25, -0.2) is 0 Å². The molecule has 1 aromatic heterocycles. The smallest absolute Gasteiger partial charge is 0.253 e. The van der Waals surface area contributed by atoms with Crippen LogP contribution in [0.3, 0.4) is 0 Å². The first kappa shape index (κ1) is 17.7. The third-order valence-electron chi connectivity index (χ3n) is 3.75. The maximum atomic E-state index is 12.4. The third kappa shape index (κ3) is 4.22. The number of nitrogens with one attached hydrogen (secondary N) is 1. The molecule has 6 heteroatoms. The van der Waals surface area contributed by atoms with Crippen molar-refractivity contribution >= 4 is 5.91 Å². The number of carbonyl (C=O) groups is 1. The van der Waals surface area contributed by atoms with Crippen LogP contribution in [0.25, 0.3) is 0 Å². The minimum atomic E-state index is -0.127. The highest BCUT2D eigenvalue weighted by atomic mass is 16.5. The van der Waals surface area contributed by atoms with Gasteiger partial charge in [-0.05, 0) is 37.5 Å². The average Bonchev–Trinajstić information content (AvgIpc) is 2.61. The highest BCUT2D eigenvalue weighted by molar-refractivity contribution is 5.95. The molecule has 0 unspecified atom stereocenters. The largest absolute Gasteiger partial charge is 0.497 e. The molecule has 0 aliphatic rings. The van der Waals surface area contributed by atoms with Crippen molar-refractivity contribution in [2.75, 3.05) is 20.8 Å². The minimum Gasteiger partial charge on any atom is -0.497 e. The van der Waals surface area contributed by atoms with E-state index in [-0.39, 0.29) is 5.91 Å². The number of carbonyl (C=O) groups excluding carboxylic acids is 1. The second-order valence-electron chi connectivity index (χ2n) is 5.38. The fourth-order valence-electron chi connectivity index (χ4n) is 2.44. The molecule has 0 aliphatic heterocycles. The predicted octanol–water partition coefficient (Wildman–Crippen LogP) is 2.34. The standard InChI is InChI=1S/C18H23N3O3/c1-5-16-15(10-12(2)20-21-16)18(22)19-9-8-13-6-7-14(23-3)11-17(13)24-4/h6-7,10-11H,5,8-9H2,1-4H3,(H,19,22). The van der Waals surface area contributed by atoms with Gasteiger partial charge in [0, 0.05) is 12.6 Å². The fraction of sp³-hybridized carbons (Fsp3) is 0.389. The van der Waals surface area contributed by atoms with Crippen molar-refractivity contribution in [2.24, 2.45) is 0 Å². The normalized spacial score (nSPS) is 10.3. The highest BCUT2D eigenvalue weighted by Crippen LogP contribution is 2.24. The Labute approximate surface area is 142 Å². The molecule has 6 nitrogen and oxygen atoms in total. The zero-order valence-electron chi connectivity index (χ0n) is 14.5. The molecule has 2 rings (SSSR count). The molecule has 0 atom stereocenters. The van der Waals surface area contributed by atoms with Crippen LogP contribution in [0.5, 0.6) is 11.5 Å². The van der Waals surface area contributed by atoms with Crippen molar-refractivity contribution in [3.05, 3.63) is 46.8 Å². The van der Waals surface area contributed by atoms with Gasteiger partial charge in [-0.2, -0.15) is 10.2 Å². The molecule has 0 fully saturated rings. The maximum Gasteiger partial charge on any atom is 0.253 e. The van der Waals surface area contributed by atoms with Gasteiger partial charge < -0.3 is 14.8 Å². The average molecular weight is 329 g/mol. The van der Waals surface area contributed by atoms with Crippen LogP contribution in [0.15, 0.2) is 24.3 Å². The number of ether oxygens (including phenoxy) is 2. The van der Waals surface area contributed by atoms with Gasteiger partial charge >= 0.3 is 0 Å². The topological polar surface area (TPSA) is 73.3 Å². The van der Waals surface area contributed by atoms with Crippen molar-refractivity contribution in [2.45, 2.75) is 26.7 Å². The molecule has 0 saturated carbocycles. The molecule has 2 aromatic rings. The number of nitrogens with zero attached hydrogens (tertiary/aromatic N) is 2. The Hall–Kier alpha value is -2.63. The molecule has 128 valence electrons. The van der Waals surface area contributed by atoms with Crippen LogP contribution in [-0.2, 0) is 12.8 Å². The molecule has 0 aliphatic carbocycles. The molecule has 0 bridgehead atoms. The number of hydrogen-bond acceptors (Lipinski definition) is 5. The number of aryl methyl sites for hydroxylation is 2. The summed E-state index contributed by atoms with van der Waals surface area (Å²) >= 11 is 0. The second-order valence-corrected chi connectivity index (χ2v) is 5.38. The lowest BCUT2D eigenvalue weighted by atomic mass is 10.1. The van der Waals surface area contributed by atoms with Crippen molar-refractivity contribution < 1.29 is 14.3 Å². The first-order valence-corrected chi connectivity index (χ1v) is 7.91. The Morgan fingerprint density at radius 2 is 1.96 bits per heavy atom. The van der Waals surface area contributed by atoms with E-state index >= 15 is 0 Å². The number of aromatic nitrogens is 2. The SMILES string of the molecule is CCc1nnc(C)cc1C(=O)NCCc1ccc(OC)cc1OC. The maximum absolute atomic E-state index is 12.4. The zero-order chi connectivity index (χ0) is 17.5. The Bertz CT molecular complexity index is 717. The summed E-state index contributed by atoms with van der Waals surface area (Å²) in [6.45, 7) is 4.29. The van der Waals surface area contributed by atoms with E-state index in [2.05, 4.69) is 15.5 Å². The summed E-state index contributed by atoms with van der Waals surface area (Å²) < 4.78 is 10.6. The van der Waals surface area contributed by atoms with E-state index in [9.17, 15) is 4.79 Å². The summed E-state index contributed by atoms with van der Waals surface area (Å²) in [5, 5.41) is 11.0. The number of benzene rings is 1. The molecular weight excluding hydrogens is 306 g/mol. The van der Waals surface area contributed by atoms with Crippen LogP contribution in [0.1, 0.15) is 34.2 Å². The lowest BCUT2D eigenvalue weighted by Crippen LogP contribution is -2.27. The van der Waals surface area contributed by atoms with Gasteiger partial charge in [-0.1, -0.05) is 13.0 Å². The summed E-state index contributed by atoms with van der Waals surface area (Å²) in [6.07, 6.45) is 1.33. The number of hydrogen-bond donors (Lipinski definition) is 1.